The third kappa shape index (κ3) is 5.79. The second-order valence-corrected chi connectivity index (χ2v) is 8.22. The minimum atomic E-state index is -0.251. The van der Waals surface area contributed by atoms with E-state index in [1.54, 1.807) is 25.5 Å². The van der Waals surface area contributed by atoms with Crippen LogP contribution in [0.1, 0.15) is 5.56 Å². The van der Waals surface area contributed by atoms with Gasteiger partial charge in [-0.15, -0.1) is 10.2 Å². The Morgan fingerprint density at radius 2 is 1.79 bits per heavy atom. The van der Waals surface area contributed by atoms with Gasteiger partial charge in [0, 0.05) is 16.3 Å². The quantitative estimate of drug-likeness (QED) is 0.223. The maximum atomic E-state index is 12.3. The summed E-state index contributed by atoms with van der Waals surface area (Å²) >= 11 is 7.15. The standard InChI is InChI=1S/C24H20ClN5O2S/c1-32-21-13-9-18(10-14-21)23-28-29-24(30(23)20-5-3-2-4-6-20)33-16-22(31)27-26-15-17-7-11-19(25)12-8-17/h2-15H,16H2,1H3,(H,27,31). The van der Waals surface area contributed by atoms with Gasteiger partial charge in [-0.05, 0) is 54.1 Å². The summed E-state index contributed by atoms with van der Waals surface area (Å²) in [5.74, 6) is 1.31. The van der Waals surface area contributed by atoms with Crippen LogP contribution < -0.4 is 10.2 Å². The van der Waals surface area contributed by atoms with E-state index in [1.807, 2.05) is 71.3 Å². The number of rotatable bonds is 8. The third-order valence-corrected chi connectivity index (χ3v) is 5.78. The van der Waals surface area contributed by atoms with Crippen molar-refractivity contribution in [2.45, 2.75) is 5.16 Å². The number of carbonyl (C=O) groups excluding carboxylic acids is 1. The lowest BCUT2D eigenvalue weighted by atomic mass is 10.2. The zero-order chi connectivity index (χ0) is 23.0. The SMILES string of the molecule is COc1ccc(-c2nnc(SCC(=O)NN=Cc3ccc(Cl)cc3)n2-c2ccccc2)cc1. The zero-order valence-electron chi connectivity index (χ0n) is 17.7. The van der Waals surface area contributed by atoms with Crippen molar-refractivity contribution in [1.82, 2.24) is 20.2 Å². The van der Waals surface area contributed by atoms with Crippen LogP contribution in [0.4, 0.5) is 0 Å². The fourth-order valence-corrected chi connectivity index (χ4v) is 3.86. The molecule has 4 aromatic rings. The molecule has 0 unspecified atom stereocenters. The molecule has 1 aromatic heterocycles. The number of amides is 1. The van der Waals surface area contributed by atoms with Gasteiger partial charge in [-0.2, -0.15) is 5.10 Å². The summed E-state index contributed by atoms with van der Waals surface area (Å²) in [6.45, 7) is 0. The number of para-hydroxylation sites is 1. The first-order chi connectivity index (χ1) is 16.1. The molecule has 0 radical (unpaired) electrons. The van der Waals surface area contributed by atoms with Gasteiger partial charge < -0.3 is 4.74 Å². The molecule has 0 saturated carbocycles. The van der Waals surface area contributed by atoms with Gasteiger partial charge in [-0.25, -0.2) is 5.43 Å². The van der Waals surface area contributed by atoms with E-state index in [9.17, 15) is 4.79 Å². The van der Waals surface area contributed by atoms with Crippen LogP contribution in [0.5, 0.6) is 5.75 Å². The summed E-state index contributed by atoms with van der Waals surface area (Å²) in [5, 5.41) is 14.0. The van der Waals surface area contributed by atoms with Gasteiger partial charge in [0.2, 0.25) is 0 Å². The molecular formula is C24H20ClN5O2S. The number of benzene rings is 3. The molecular weight excluding hydrogens is 458 g/mol. The lowest BCUT2D eigenvalue weighted by molar-refractivity contribution is -0.118. The van der Waals surface area contributed by atoms with E-state index in [1.165, 1.54) is 11.8 Å². The summed E-state index contributed by atoms with van der Waals surface area (Å²) in [5.41, 5.74) is 5.15. The second-order valence-electron chi connectivity index (χ2n) is 6.84. The summed E-state index contributed by atoms with van der Waals surface area (Å²) in [7, 11) is 1.63. The number of nitrogens with one attached hydrogen (secondary N) is 1. The Balaban J connectivity index is 1.49. The molecule has 0 aliphatic heterocycles. The first-order valence-corrected chi connectivity index (χ1v) is 11.4. The number of carbonyl (C=O) groups is 1. The highest BCUT2D eigenvalue weighted by Crippen LogP contribution is 2.28. The number of ether oxygens (including phenoxy) is 1. The maximum Gasteiger partial charge on any atom is 0.250 e. The van der Waals surface area contributed by atoms with Gasteiger partial charge in [0.15, 0.2) is 11.0 Å². The summed E-state index contributed by atoms with van der Waals surface area (Å²) in [4.78, 5) is 12.3. The van der Waals surface area contributed by atoms with E-state index >= 15 is 0 Å². The van der Waals surface area contributed by atoms with Crippen molar-refractivity contribution >= 4 is 35.5 Å². The third-order valence-electron chi connectivity index (χ3n) is 4.60. The smallest absolute Gasteiger partial charge is 0.250 e. The molecule has 4 rings (SSSR count). The first kappa shape index (κ1) is 22.6. The molecule has 0 saturated heterocycles. The lowest BCUT2D eigenvalue weighted by Crippen LogP contribution is -2.20. The number of hydrogen-bond donors (Lipinski definition) is 1. The number of methoxy groups -OCH3 is 1. The van der Waals surface area contributed by atoms with Crippen molar-refractivity contribution in [3.8, 4) is 22.8 Å². The highest BCUT2D eigenvalue weighted by Gasteiger charge is 2.17. The largest absolute Gasteiger partial charge is 0.497 e. The van der Waals surface area contributed by atoms with Crippen LogP contribution in [-0.2, 0) is 4.79 Å². The normalized spacial score (nSPS) is 11.0. The monoisotopic (exact) mass is 477 g/mol. The number of hydrazone groups is 1. The number of hydrogen-bond acceptors (Lipinski definition) is 6. The fraction of sp³-hybridized carbons (Fsp3) is 0.0833. The van der Waals surface area contributed by atoms with Gasteiger partial charge in [-0.3, -0.25) is 9.36 Å². The van der Waals surface area contributed by atoms with E-state index in [-0.39, 0.29) is 11.7 Å². The lowest BCUT2D eigenvalue weighted by Gasteiger charge is -2.10. The molecule has 3 aromatic carbocycles. The van der Waals surface area contributed by atoms with Crippen LogP contribution in [0.2, 0.25) is 5.02 Å². The van der Waals surface area contributed by atoms with Crippen molar-refractivity contribution in [2.24, 2.45) is 5.10 Å². The van der Waals surface area contributed by atoms with E-state index in [0.29, 0.717) is 16.0 Å². The van der Waals surface area contributed by atoms with Gasteiger partial charge in [0.25, 0.3) is 5.91 Å². The Kier molecular flexibility index (Phi) is 7.39. The van der Waals surface area contributed by atoms with Crippen LogP contribution in [0, 0.1) is 0 Å². The van der Waals surface area contributed by atoms with Gasteiger partial charge in [0.05, 0.1) is 19.1 Å². The summed E-state index contributed by atoms with van der Waals surface area (Å²) in [6.07, 6.45) is 1.56. The maximum absolute atomic E-state index is 12.3. The van der Waals surface area contributed by atoms with Crippen LogP contribution in [-0.4, -0.2) is 39.7 Å². The van der Waals surface area contributed by atoms with Gasteiger partial charge >= 0.3 is 0 Å². The predicted octanol–water partition coefficient (Wildman–Crippen LogP) is 4.84. The molecule has 0 spiro atoms. The Morgan fingerprint density at radius 3 is 2.48 bits per heavy atom. The summed E-state index contributed by atoms with van der Waals surface area (Å²) < 4.78 is 7.17. The molecule has 9 heteroatoms. The fourth-order valence-electron chi connectivity index (χ4n) is 2.99. The average molecular weight is 478 g/mol. The number of nitrogens with zero attached hydrogens (tertiary/aromatic N) is 4. The highest BCUT2D eigenvalue weighted by atomic mass is 35.5. The topological polar surface area (TPSA) is 81.4 Å². The average Bonchev–Trinajstić information content (AvgIpc) is 3.28. The van der Waals surface area contributed by atoms with Gasteiger partial charge in [0.1, 0.15) is 5.75 Å². The molecule has 0 aliphatic carbocycles. The molecule has 1 amide bonds. The molecule has 0 fully saturated rings. The van der Waals surface area contributed by atoms with Gasteiger partial charge in [-0.1, -0.05) is 53.7 Å². The molecule has 0 aliphatic rings. The molecule has 33 heavy (non-hydrogen) atoms. The number of aromatic nitrogens is 3. The van der Waals surface area contributed by atoms with E-state index < -0.39 is 0 Å². The second kappa shape index (κ2) is 10.8. The van der Waals surface area contributed by atoms with Crippen molar-refractivity contribution < 1.29 is 9.53 Å². The van der Waals surface area contributed by atoms with E-state index in [0.717, 1.165) is 22.6 Å². The zero-order valence-corrected chi connectivity index (χ0v) is 19.3. The Hall–Kier alpha value is -3.62. The van der Waals surface area contributed by atoms with Crippen LogP contribution in [0.25, 0.3) is 17.1 Å². The van der Waals surface area contributed by atoms with Crippen LogP contribution in [0.15, 0.2) is 89.1 Å². The minimum Gasteiger partial charge on any atom is -0.497 e. The molecule has 1 heterocycles. The highest BCUT2D eigenvalue weighted by molar-refractivity contribution is 7.99. The predicted molar refractivity (Wildman–Crippen MR) is 131 cm³/mol. The first-order valence-electron chi connectivity index (χ1n) is 9.99. The Bertz CT molecular complexity index is 1240. The molecule has 0 bridgehead atoms. The Morgan fingerprint density at radius 1 is 1.06 bits per heavy atom. The van der Waals surface area contributed by atoms with Crippen LogP contribution >= 0.6 is 23.4 Å². The van der Waals surface area contributed by atoms with E-state index in [2.05, 4.69) is 20.7 Å². The van der Waals surface area contributed by atoms with Crippen molar-refractivity contribution in [1.29, 1.82) is 0 Å². The van der Waals surface area contributed by atoms with Crippen molar-refractivity contribution in [3.63, 3.8) is 0 Å². The van der Waals surface area contributed by atoms with Crippen molar-refractivity contribution in [3.05, 3.63) is 89.4 Å². The molecule has 7 nitrogen and oxygen atoms in total. The molecule has 1 N–H and O–H groups in total. The number of halogens is 1. The molecule has 166 valence electrons. The van der Waals surface area contributed by atoms with E-state index in [4.69, 9.17) is 16.3 Å². The van der Waals surface area contributed by atoms with Crippen molar-refractivity contribution in [2.75, 3.05) is 12.9 Å². The number of thioether (sulfide) groups is 1. The minimum absolute atomic E-state index is 0.130. The Labute approximate surface area is 200 Å². The van der Waals surface area contributed by atoms with Crippen LogP contribution in [0.3, 0.4) is 0 Å². The summed E-state index contributed by atoms with van der Waals surface area (Å²) in [6, 6.07) is 24.5. The molecule has 0 atom stereocenters.